The van der Waals surface area contributed by atoms with E-state index in [-0.39, 0.29) is 22.8 Å². The van der Waals surface area contributed by atoms with Crippen LogP contribution in [0.3, 0.4) is 0 Å². The van der Waals surface area contributed by atoms with Gasteiger partial charge in [-0.05, 0) is 23.6 Å². The van der Waals surface area contributed by atoms with Gasteiger partial charge in [0.15, 0.2) is 5.96 Å². The van der Waals surface area contributed by atoms with Gasteiger partial charge in [0.25, 0.3) is 0 Å². The van der Waals surface area contributed by atoms with E-state index in [1.807, 2.05) is 11.8 Å². The molecule has 2 atom stereocenters. The minimum atomic E-state index is -0.436. The Bertz CT molecular complexity index is 609. The number of aliphatic imine (C=N–C) groups is 1. The molecule has 1 aromatic rings. The molecule has 0 saturated carbocycles. The number of nitrogens with zero attached hydrogens (tertiary/aromatic N) is 2. The first-order valence-corrected chi connectivity index (χ1v) is 7.81. The molecule has 0 amide bonds. The lowest BCUT2D eigenvalue weighted by Gasteiger charge is -2.21. The minimum Gasteiger partial charge on any atom is -0.469 e. The fraction of sp³-hybridized carbons (Fsp3) is 0.500. The Balaban J connectivity index is 1.98. The van der Waals surface area contributed by atoms with Gasteiger partial charge in [-0.15, -0.1) is 0 Å². The zero-order chi connectivity index (χ0) is 17.0. The summed E-state index contributed by atoms with van der Waals surface area (Å²) in [6.07, 6.45) is 0. The minimum absolute atomic E-state index is 0.0971. The molecule has 23 heavy (non-hydrogen) atoms. The third-order valence-corrected chi connectivity index (χ3v) is 4.35. The largest absolute Gasteiger partial charge is 0.469 e. The van der Waals surface area contributed by atoms with E-state index in [2.05, 4.69) is 10.3 Å². The molecule has 1 heterocycles. The smallest absolute Gasteiger partial charge is 0.310 e. The standard InChI is InChI=1S/C16H21ClFN3O2/c1-10-8-21(9-12(10)15(22)23-3)16(19-2)20-7-11-4-5-14(18)13(17)6-11/h4-6,10,12H,7-9H2,1-3H3,(H,19,20). The predicted octanol–water partition coefficient (Wildman–Crippen LogP) is 2.30. The lowest BCUT2D eigenvalue weighted by atomic mass is 9.99. The highest BCUT2D eigenvalue weighted by Crippen LogP contribution is 2.24. The van der Waals surface area contributed by atoms with Crippen LogP contribution in [-0.2, 0) is 16.1 Å². The number of hydrogen-bond donors (Lipinski definition) is 1. The number of rotatable bonds is 3. The molecule has 1 N–H and O–H groups in total. The van der Waals surface area contributed by atoms with Crippen LogP contribution in [0, 0.1) is 17.7 Å². The third kappa shape index (κ3) is 4.13. The zero-order valence-electron chi connectivity index (χ0n) is 13.5. The number of benzene rings is 1. The number of hydrogen-bond acceptors (Lipinski definition) is 3. The topological polar surface area (TPSA) is 53.9 Å². The molecule has 1 aromatic carbocycles. The number of ether oxygens (including phenoxy) is 1. The van der Waals surface area contributed by atoms with Gasteiger partial charge < -0.3 is 15.0 Å². The molecule has 2 unspecified atom stereocenters. The number of halogens is 2. The Morgan fingerprint density at radius 2 is 2.26 bits per heavy atom. The number of likely N-dealkylation sites (tertiary alicyclic amines) is 1. The van der Waals surface area contributed by atoms with Crippen molar-refractivity contribution in [2.75, 3.05) is 27.2 Å². The lowest BCUT2D eigenvalue weighted by molar-refractivity contribution is -0.145. The van der Waals surface area contributed by atoms with E-state index >= 15 is 0 Å². The molecule has 1 aliphatic rings. The maximum atomic E-state index is 13.2. The van der Waals surface area contributed by atoms with E-state index in [4.69, 9.17) is 16.3 Å². The van der Waals surface area contributed by atoms with Crippen molar-refractivity contribution in [3.05, 3.63) is 34.6 Å². The second-order valence-corrected chi connectivity index (χ2v) is 6.07. The first-order chi connectivity index (χ1) is 11.0. The Labute approximate surface area is 140 Å². The van der Waals surface area contributed by atoms with Crippen molar-refractivity contribution < 1.29 is 13.9 Å². The Kier molecular flexibility index (Phi) is 5.82. The van der Waals surface area contributed by atoms with Crippen LogP contribution in [0.5, 0.6) is 0 Å². The average molecular weight is 342 g/mol. The number of guanidine groups is 1. The van der Waals surface area contributed by atoms with Crippen LogP contribution in [0.2, 0.25) is 5.02 Å². The molecule has 0 aromatic heterocycles. The van der Waals surface area contributed by atoms with E-state index < -0.39 is 5.82 Å². The van der Waals surface area contributed by atoms with Gasteiger partial charge in [-0.25, -0.2) is 4.39 Å². The van der Waals surface area contributed by atoms with Crippen molar-refractivity contribution in [3.8, 4) is 0 Å². The van der Waals surface area contributed by atoms with E-state index in [9.17, 15) is 9.18 Å². The third-order valence-electron chi connectivity index (χ3n) is 4.06. The molecule has 0 radical (unpaired) electrons. The molecular weight excluding hydrogens is 321 g/mol. The van der Waals surface area contributed by atoms with Gasteiger partial charge in [-0.2, -0.15) is 0 Å². The first kappa shape index (κ1) is 17.5. The summed E-state index contributed by atoms with van der Waals surface area (Å²) in [7, 11) is 3.10. The molecule has 126 valence electrons. The average Bonchev–Trinajstić information content (AvgIpc) is 2.92. The summed E-state index contributed by atoms with van der Waals surface area (Å²) < 4.78 is 18.0. The number of esters is 1. The quantitative estimate of drug-likeness (QED) is 0.520. The van der Waals surface area contributed by atoms with Gasteiger partial charge in [0, 0.05) is 26.7 Å². The summed E-state index contributed by atoms with van der Waals surface area (Å²) in [4.78, 5) is 18.0. The maximum Gasteiger partial charge on any atom is 0.310 e. The van der Waals surface area contributed by atoms with Crippen LogP contribution in [0.4, 0.5) is 4.39 Å². The summed E-state index contributed by atoms with van der Waals surface area (Å²) in [5.41, 5.74) is 0.856. The second-order valence-electron chi connectivity index (χ2n) is 5.66. The van der Waals surface area contributed by atoms with Crippen LogP contribution in [0.25, 0.3) is 0 Å². The molecular formula is C16H21ClFN3O2. The highest BCUT2D eigenvalue weighted by molar-refractivity contribution is 6.30. The van der Waals surface area contributed by atoms with Crippen molar-refractivity contribution in [2.24, 2.45) is 16.8 Å². The highest BCUT2D eigenvalue weighted by Gasteiger charge is 2.36. The summed E-state index contributed by atoms with van der Waals surface area (Å²) in [6.45, 7) is 3.79. The van der Waals surface area contributed by atoms with Crippen LogP contribution in [-0.4, -0.2) is 44.1 Å². The highest BCUT2D eigenvalue weighted by atomic mass is 35.5. The van der Waals surface area contributed by atoms with Crippen molar-refractivity contribution in [1.29, 1.82) is 0 Å². The molecule has 0 bridgehead atoms. The van der Waals surface area contributed by atoms with E-state index in [0.29, 0.717) is 19.0 Å². The molecule has 7 heteroatoms. The first-order valence-electron chi connectivity index (χ1n) is 7.43. The van der Waals surface area contributed by atoms with E-state index in [1.54, 1.807) is 19.2 Å². The van der Waals surface area contributed by atoms with Crippen molar-refractivity contribution in [1.82, 2.24) is 10.2 Å². The predicted molar refractivity (Wildman–Crippen MR) is 87.9 cm³/mol. The number of carbonyl (C=O) groups excluding carboxylic acids is 1. The fourth-order valence-electron chi connectivity index (χ4n) is 2.76. The van der Waals surface area contributed by atoms with Crippen LogP contribution >= 0.6 is 11.6 Å². The van der Waals surface area contributed by atoms with Gasteiger partial charge >= 0.3 is 5.97 Å². The maximum absolute atomic E-state index is 13.2. The molecule has 5 nitrogen and oxygen atoms in total. The summed E-state index contributed by atoms with van der Waals surface area (Å²) in [5, 5.41) is 3.31. The summed E-state index contributed by atoms with van der Waals surface area (Å²) >= 11 is 5.78. The van der Waals surface area contributed by atoms with Gasteiger partial charge in [0.2, 0.25) is 0 Å². The Morgan fingerprint density at radius 1 is 1.52 bits per heavy atom. The summed E-state index contributed by atoms with van der Waals surface area (Å²) in [6, 6.07) is 4.60. The molecule has 0 aliphatic carbocycles. The van der Waals surface area contributed by atoms with Gasteiger partial charge in [-0.3, -0.25) is 9.79 Å². The van der Waals surface area contributed by atoms with Crippen LogP contribution in [0.1, 0.15) is 12.5 Å². The number of nitrogens with one attached hydrogen (secondary N) is 1. The Hall–Kier alpha value is -1.82. The van der Waals surface area contributed by atoms with Crippen LogP contribution < -0.4 is 5.32 Å². The van der Waals surface area contributed by atoms with Crippen molar-refractivity contribution >= 4 is 23.5 Å². The van der Waals surface area contributed by atoms with E-state index in [0.717, 1.165) is 12.1 Å². The second kappa shape index (κ2) is 7.64. The van der Waals surface area contributed by atoms with Crippen molar-refractivity contribution in [2.45, 2.75) is 13.5 Å². The normalized spacial score (nSPS) is 21.4. The van der Waals surface area contributed by atoms with Crippen molar-refractivity contribution in [3.63, 3.8) is 0 Å². The molecule has 2 rings (SSSR count). The Morgan fingerprint density at radius 3 is 2.87 bits per heavy atom. The lowest BCUT2D eigenvalue weighted by Crippen LogP contribution is -2.40. The molecule has 1 saturated heterocycles. The zero-order valence-corrected chi connectivity index (χ0v) is 14.2. The number of carbonyl (C=O) groups is 1. The monoisotopic (exact) mass is 341 g/mol. The van der Waals surface area contributed by atoms with Gasteiger partial charge in [-0.1, -0.05) is 24.6 Å². The van der Waals surface area contributed by atoms with E-state index in [1.165, 1.54) is 13.2 Å². The molecule has 0 spiro atoms. The fourth-order valence-corrected chi connectivity index (χ4v) is 2.96. The molecule has 1 fully saturated rings. The number of methoxy groups -OCH3 is 1. The van der Waals surface area contributed by atoms with Gasteiger partial charge in [0.1, 0.15) is 5.82 Å². The van der Waals surface area contributed by atoms with Gasteiger partial charge in [0.05, 0.1) is 18.1 Å². The SMILES string of the molecule is CN=C(NCc1ccc(F)c(Cl)c1)N1CC(C)C(C(=O)OC)C1. The summed E-state index contributed by atoms with van der Waals surface area (Å²) in [5.74, 6) is 0.110. The molecule has 1 aliphatic heterocycles. The van der Waals surface area contributed by atoms with Crippen LogP contribution in [0.15, 0.2) is 23.2 Å².